The van der Waals surface area contributed by atoms with Crippen molar-refractivity contribution in [2.75, 3.05) is 0 Å². The van der Waals surface area contributed by atoms with Gasteiger partial charge in [-0.15, -0.1) is 0 Å². The summed E-state index contributed by atoms with van der Waals surface area (Å²) >= 11 is -2.26. The molecule has 1 unspecified atom stereocenters. The fourth-order valence-electron chi connectivity index (χ4n) is 1.09. The maximum absolute atomic E-state index is 10.7. The Morgan fingerprint density at radius 1 is 1.23 bits per heavy atom. The molecule has 0 radical (unpaired) electrons. The van der Waals surface area contributed by atoms with Crippen LogP contribution < -0.4 is 0 Å². The van der Waals surface area contributed by atoms with Crippen LogP contribution in [0.1, 0.15) is 0 Å². The van der Waals surface area contributed by atoms with Gasteiger partial charge >= 0.3 is 0 Å². The van der Waals surface area contributed by atoms with Crippen LogP contribution in [0.25, 0.3) is 11.0 Å². The van der Waals surface area contributed by atoms with Crippen molar-refractivity contribution < 1.29 is 8.76 Å². The monoisotopic (exact) mass is 193 g/mol. The van der Waals surface area contributed by atoms with E-state index in [-0.39, 0.29) is 4.90 Å². The molecule has 0 aliphatic carbocycles. The fraction of sp³-hybridized carbons (Fsp3) is 0. The molecule has 0 spiro atoms. The molecule has 0 bridgehead atoms. The van der Waals surface area contributed by atoms with Crippen LogP contribution in [0.3, 0.4) is 0 Å². The normalized spacial score (nSPS) is 13.0. The number of aromatic nitrogens is 2. The molecule has 0 saturated heterocycles. The summed E-state index contributed by atoms with van der Waals surface area (Å²) in [5.41, 5.74) is 1.00. The Balaban J connectivity index is 2.83. The van der Waals surface area contributed by atoms with Crippen molar-refractivity contribution in [1.82, 2.24) is 9.97 Å². The highest BCUT2D eigenvalue weighted by atomic mass is 32.2. The van der Waals surface area contributed by atoms with E-state index in [1.807, 2.05) is 0 Å². The van der Waals surface area contributed by atoms with Crippen molar-refractivity contribution in [3.05, 3.63) is 30.6 Å². The van der Waals surface area contributed by atoms with E-state index in [2.05, 4.69) is 9.97 Å². The molecule has 5 heteroatoms. The first-order valence-corrected chi connectivity index (χ1v) is 4.65. The molecular weight excluding hydrogens is 188 g/mol. The van der Waals surface area contributed by atoms with Crippen LogP contribution >= 0.6 is 0 Å². The van der Waals surface area contributed by atoms with Crippen LogP contribution in [0.5, 0.6) is 0 Å². The molecule has 2 aromatic rings. The summed E-state index contributed by atoms with van der Waals surface area (Å²) in [5, 5.41) is 0. The molecule has 4 nitrogen and oxygen atoms in total. The van der Waals surface area contributed by atoms with E-state index in [0.717, 1.165) is 0 Å². The van der Waals surface area contributed by atoms with E-state index < -0.39 is 11.1 Å². The minimum absolute atomic E-state index is 0.186. The van der Waals surface area contributed by atoms with E-state index >= 15 is 0 Å². The van der Waals surface area contributed by atoms with Crippen molar-refractivity contribution in [3.8, 4) is 0 Å². The standard InChI is InChI=1S/C8H6N2O2S/c11-13(12)7-3-5-9-6-2-1-4-10-8(6)7/h1-5H,(H,11,12)/p-1. The van der Waals surface area contributed by atoms with Gasteiger partial charge in [-0.2, -0.15) is 0 Å². The molecule has 1 atom stereocenters. The SMILES string of the molecule is O=S([O-])c1ccnc2cccnc12. The van der Waals surface area contributed by atoms with Gasteiger partial charge in [0.05, 0.1) is 10.4 Å². The van der Waals surface area contributed by atoms with Gasteiger partial charge in [0.25, 0.3) is 0 Å². The second kappa shape index (κ2) is 3.20. The number of pyridine rings is 2. The first-order valence-electron chi connectivity index (χ1n) is 3.58. The molecule has 13 heavy (non-hydrogen) atoms. The van der Waals surface area contributed by atoms with Gasteiger partial charge < -0.3 is 4.55 Å². The van der Waals surface area contributed by atoms with E-state index in [4.69, 9.17) is 0 Å². The lowest BCUT2D eigenvalue weighted by molar-refractivity contribution is 0.537. The van der Waals surface area contributed by atoms with Gasteiger partial charge in [0.2, 0.25) is 0 Å². The third-order valence-corrected chi connectivity index (χ3v) is 2.33. The zero-order valence-corrected chi connectivity index (χ0v) is 7.32. The largest absolute Gasteiger partial charge is 0.768 e. The van der Waals surface area contributed by atoms with Crippen LogP contribution in [0.2, 0.25) is 0 Å². The first kappa shape index (κ1) is 8.28. The van der Waals surface area contributed by atoms with E-state index in [9.17, 15) is 8.76 Å². The highest BCUT2D eigenvalue weighted by Gasteiger charge is 2.01. The molecule has 0 N–H and O–H groups in total. The highest BCUT2D eigenvalue weighted by molar-refractivity contribution is 7.79. The van der Waals surface area contributed by atoms with Crippen molar-refractivity contribution in [1.29, 1.82) is 0 Å². The molecule has 0 amide bonds. The van der Waals surface area contributed by atoms with Gasteiger partial charge in [0.15, 0.2) is 0 Å². The van der Waals surface area contributed by atoms with Crippen LogP contribution in [-0.4, -0.2) is 18.7 Å². The summed E-state index contributed by atoms with van der Waals surface area (Å²) in [6.45, 7) is 0. The molecule has 0 aliphatic rings. The van der Waals surface area contributed by atoms with Crippen LogP contribution in [0.4, 0.5) is 0 Å². The van der Waals surface area contributed by atoms with Gasteiger partial charge in [-0.1, -0.05) is 0 Å². The maximum Gasteiger partial charge on any atom is 0.104 e. The number of hydrogen-bond donors (Lipinski definition) is 0. The predicted octanol–water partition coefficient (Wildman–Crippen LogP) is 0.868. The van der Waals surface area contributed by atoms with Crippen molar-refractivity contribution >= 4 is 22.1 Å². The zero-order chi connectivity index (χ0) is 9.26. The molecule has 0 saturated carbocycles. The Bertz CT molecular complexity index is 467. The average Bonchev–Trinajstić information content (AvgIpc) is 2.17. The van der Waals surface area contributed by atoms with Crippen molar-refractivity contribution in [3.63, 3.8) is 0 Å². The minimum Gasteiger partial charge on any atom is -0.768 e. The third kappa shape index (κ3) is 1.43. The Morgan fingerprint density at radius 2 is 2.08 bits per heavy atom. The summed E-state index contributed by atoms with van der Waals surface area (Å²) in [5.74, 6) is 0. The quantitative estimate of drug-likeness (QED) is 0.630. The zero-order valence-electron chi connectivity index (χ0n) is 6.51. The van der Waals surface area contributed by atoms with Gasteiger partial charge in [-0.05, 0) is 29.3 Å². The third-order valence-electron chi connectivity index (χ3n) is 1.64. The lowest BCUT2D eigenvalue weighted by Crippen LogP contribution is -1.93. The Kier molecular flexibility index (Phi) is 2.03. The fourth-order valence-corrected chi connectivity index (χ4v) is 1.58. The lowest BCUT2D eigenvalue weighted by atomic mass is 10.3. The number of rotatable bonds is 1. The van der Waals surface area contributed by atoms with E-state index in [1.165, 1.54) is 12.3 Å². The van der Waals surface area contributed by atoms with E-state index in [1.54, 1.807) is 18.3 Å². The maximum atomic E-state index is 10.7. The average molecular weight is 193 g/mol. The summed E-state index contributed by atoms with van der Waals surface area (Å²) in [7, 11) is 0. The van der Waals surface area contributed by atoms with Gasteiger partial charge in [0.1, 0.15) is 5.52 Å². The van der Waals surface area contributed by atoms with E-state index in [0.29, 0.717) is 11.0 Å². The summed E-state index contributed by atoms with van der Waals surface area (Å²) in [6.07, 6.45) is 3.00. The first-order chi connectivity index (χ1) is 6.29. The molecule has 2 rings (SSSR count). The smallest absolute Gasteiger partial charge is 0.104 e. The number of nitrogens with zero attached hydrogens (tertiary/aromatic N) is 2. The van der Waals surface area contributed by atoms with Crippen LogP contribution in [-0.2, 0) is 11.1 Å². The predicted molar refractivity (Wildman–Crippen MR) is 46.7 cm³/mol. The van der Waals surface area contributed by atoms with Crippen molar-refractivity contribution in [2.45, 2.75) is 4.90 Å². The molecule has 0 aliphatic heterocycles. The van der Waals surface area contributed by atoms with Gasteiger partial charge in [-0.25, -0.2) is 0 Å². The summed E-state index contributed by atoms with van der Waals surface area (Å²) in [4.78, 5) is 8.12. The van der Waals surface area contributed by atoms with Gasteiger partial charge in [0, 0.05) is 12.4 Å². The Morgan fingerprint density at radius 3 is 2.85 bits per heavy atom. The van der Waals surface area contributed by atoms with Crippen molar-refractivity contribution in [2.24, 2.45) is 0 Å². The van der Waals surface area contributed by atoms with Crippen LogP contribution in [0, 0.1) is 0 Å². The molecular formula is C8H5N2O2S-. The number of fused-ring (bicyclic) bond motifs is 1. The molecule has 0 fully saturated rings. The molecule has 66 valence electrons. The molecule has 2 aromatic heterocycles. The highest BCUT2D eigenvalue weighted by Crippen LogP contribution is 2.15. The number of hydrogen-bond acceptors (Lipinski definition) is 4. The molecule has 0 aromatic carbocycles. The summed E-state index contributed by atoms with van der Waals surface area (Å²) < 4.78 is 21.5. The molecule has 2 heterocycles. The van der Waals surface area contributed by atoms with Gasteiger partial charge in [-0.3, -0.25) is 14.2 Å². The second-order valence-corrected chi connectivity index (χ2v) is 3.32. The summed E-state index contributed by atoms with van der Waals surface area (Å²) in [6, 6.07) is 4.87. The van der Waals surface area contributed by atoms with Crippen LogP contribution in [0.15, 0.2) is 35.5 Å². The Labute approximate surface area is 76.9 Å². The minimum atomic E-state index is -2.26. The topological polar surface area (TPSA) is 65.9 Å². The lowest BCUT2D eigenvalue weighted by Gasteiger charge is -2.06. The Hall–Kier alpha value is -1.33. The second-order valence-electron chi connectivity index (χ2n) is 2.41.